The number of benzene rings is 3. The Bertz CT molecular complexity index is 1400. The van der Waals surface area contributed by atoms with E-state index in [1.54, 1.807) is 0 Å². The lowest BCUT2D eigenvalue weighted by Crippen LogP contribution is -2.23. The summed E-state index contributed by atoms with van der Waals surface area (Å²) in [6, 6.07) is 23.5. The average Bonchev–Trinajstić information content (AvgIpc) is 3.18. The lowest BCUT2D eigenvalue weighted by atomic mass is 9.81. The van der Waals surface area contributed by atoms with Crippen LogP contribution in [0, 0.1) is 13.0 Å². The molecule has 1 nitrogen and oxygen atoms in total. The Labute approximate surface area is 187 Å². The zero-order valence-corrected chi connectivity index (χ0v) is 18.6. The highest BCUT2D eigenvalue weighted by atomic mass is 32.1. The van der Waals surface area contributed by atoms with Crippen molar-refractivity contribution in [2.45, 2.75) is 32.6 Å². The highest BCUT2D eigenvalue weighted by Crippen LogP contribution is 2.46. The van der Waals surface area contributed by atoms with Crippen LogP contribution < -0.4 is 0 Å². The zero-order valence-electron chi connectivity index (χ0n) is 17.8. The van der Waals surface area contributed by atoms with Crippen LogP contribution in [0.3, 0.4) is 0 Å². The van der Waals surface area contributed by atoms with Crippen LogP contribution in [0.1, 0.15) is 36.8 Å². The van der Waals surface area contributed by atoms with Gasteiger partial charge in [0.2, 0.25) is 0 Å². The van der Waals surface area contributed by atoms with Gasteiger partial charge >= 0.3 is 0 Å². The average molecular weight is 420 g/mol. The molecule has 0 unspecified atom stereocenters. The lowest BCUT2D eigenvalue weighted by Gasteiger charge is -2.30. The first kappa shape index (κ1) is 18.7. The molecular formula is C29H25NS. The Balaban J connectivity index is 1.58. The van der Waals surface area contributed by atoms with Gasteiger partial charge in [0, 0.05) is 5.56 Å². The van der Waals surface area contributed by atoms with Crippen LogP contribution in [0.5, 0.6) is 0 Å². The molecule has 3 aromatic carbocycles. The third kappa shape index (κ3) is 2.97. The molecule has 2 heterocycles. The second-order valence-electron chi connectivity index (χ2n) is 8.66. The van der Waals surface area contributed by atoms with Gasteiger partial charge in [0.25, 0.3) is 0 Å². The van der Waals surface area contributed by atoms with Gasteiger partial charge in [0.1, 0.15) is 17.5 Å². The molecule has 1 aliphatic carbocycles. The Morgan fingerprint density at radius 3 is 2.65 bits per heavy atom. The van der Waals surface area contributed by atoms with Crippen LogP contribution in [0.4, 0.5) is 0 Å². The summed E-state index contributed by atoms with van der Waals surface area (Å²) in [6.45, 7) is 6.63. The monoisotopic (exact) mass is 419 g/mol. The molecule has 2 heteroatoms. The fraction of sp³-hybridized carbons (Fsp3) is 0.172. The van der Waals surface area contributed by atoms with Crippen molar-refractivity contribution < 1.29 is 4.58 Å². The summed E-state index contributed by atoms with van der Waals surface area (Å²) in [4.78, 5) is 0. The molecule has 1 aromatic heterocycles. The van der Waals surface area contributed by atoms with Crippen molar-refractivity contribution in [1.82, 2.24) is 0 Å². The Hall–Kier alpha value is -3.10. The van der Waals surface area contributed by atoms with Crippen molar-refractivity contribution in [1.29, 1.82) is 0 Å². The van der Waals surface area contributed by atoms with Gasteiger partial charge in [0.05, 0.1) is 6.72 Å². The molecule has 6 rings (SSSR count). The summed E-state index contributed by atoms with van der Waals surface area (Å²) >= 11 is 1.92. The fourth-order valence-electron chi connectivity index (χ4n) is 5.15. The van der Waals surface area contributed by atoms with Crippen LogP contribution >= 0.6 is 11.3 Å². The summed E-state index contributed by atoms with van der Waals surface area (Å²) in [5.41, 5.74) is 8.26. The first-order chi connectivity index (χ1) is 15.2. The van der Waals surface area contributed by atoms with Gasteiger partial charge in [-0.25, -0.2) is 0 Å². The SMILES string of the molecule is C=[N+]1C=CC2=C(CCCC2)[C-]1c1c(C)ccc2c1[s+][c-]1cc(-c3ccccc3)ccc21. The van der Waals surface area contributed by atoms with Gasteiger partial charge in [0.15, 0.2) is 15.4 Å². The van der Waals surface area contributed by atoms with Crippen LogP contribution in [0.15, 0.2) is 84.1 Å². The predicted molar refractivity (Wildman–Crippen MR) is 134 cm³/mol. The zero-order chi connectivity index (χ0) is 20.9. The van der Waals surface area contributed by atoms with E-state index in [9.17, 15) is 0 Å². The number of thiophene rings is 1. The molecule has 0 spiro atoms. The minimum atomic E-state index is 1.15. The summed E-state index contributed by atoms with van der Waals surface area (Å²) < 4.78 is 4.84. The summed E-state index contributed by atoms with van der Waals surface area (Å²) in [7, 11) is 0. The lowest BCUT2D eigenvalue weighted by molar-refractivity contribution is -0.420. The van der Waals surface area contributed by atoms with Crippen LogP contribution in [0.25, 0.3) is 31.3 Å². The van der Waals surface area contributed by atoms with Crippen molar-refractivity contribution in [3.05, 3.63) is 101 Å². The molecule has 0 radical (unpaired) electrons. The number of aryl methyl sites for hydroxylation is 1. The van der Waals surface area contributed by atoms with Gasteiger partial charge in [-0.3, -0.25) is 4.58 Å². The van der Waals surface area contributed by atoms with Crippen molar-refractivity contribution >= 4 is 38.2 Å². The van der Waals surface area contributed by atoms with E-state index < -0.39 is 0 Å². The van der Waals surface area contributed by atoms with Gasteiger partial charge in [-0.1, -0.05) is 108 Å². The largest absolute Gasteiger partial charge is 0.255 e. The van der Waals surface area contributed by atoms with Gasteiger partial charge in [-0.15, -0.1) is 12.1 Å². The predicted octanol–water partition coefficient (Wildman–Crippen LogP) is 8.02. The standard InChI is InChI=1S/C29H25NS/c1-19-12-14-25-24-15-13-22(20-8-4-3-5-9-20)18-26(24)31-29(25)27(19)28-23-11-7-6-10-21(23)16-17-30(28)2/h3-5,8-9,12-18H,2,6-7,10-11H2,1H3. The normalized spacial score (nSPS) is 16.4. The van der Waals surface area contributed by atoms with Crippen molar-refractivity contribution in [2.75, 3.05) is 0 Å². The number of fused-ring (bicyclic) bond motifs is 3. The molecule has 0 fully saturated rings. The molecule has 0 atom stereocenters. The molecule has 0 N–H and O–H groups in total. The molecule has 4 aromatic rings. The van der Waals surface area contributed by atoms with E-state index in [4.69, 9.17) is 0 Å². The first-order valence-corrected chi connectivity index (χ1v) is 11.9. The molecule has 0 bridgehead atoms. The van der Waals surface area contributed by atoms with E-state index in [0.717, 1.165) is 6.42 Å². The number of hydrogen-bond donors (Lipinski definition) is 0. The third-order valence-electron chi connectivity index (χ3n) is 6.73. The molecule has 0 saturated carbocycles. The highest BCUT2D eigenvalue weighted by Gasteiger charge is 2.32. The number of nitrogens with zero attached hydrogens (tertiary/aromatic N) is 1. The molecular weight excluding hydrogens is 394 g/mol. The number of rotatable bonds is 2. The first-order valence-electron chi connectivity index (χ1n) is 11.1. The van der Waals surface area contributed by atoms with Crippen molar-refractivity contribution in [2.24, 2.45) is 0 Å². The van der Waals surface area contributed by atoms with Crippen LogP contribution in [-0.2, 0) is 0 Å². The summed E-state index contributed by atoms with van der Waals surface area (Å²) in [6.07, 6.45) is 9.33. The maximum absolute atomic E-state index is 4.38. The Morgan fingerprint density at radius 2 is 1.77 bits per heavy atom. The number of allylic oxidation sites excluding steroid dienone is 2. The Morgan fingerprint density at radius 1 is 0.935 bits per heavy atom. The van der Waals surface area contributed by atoms with Gasteiger partial charge in [-0.2, -0.15) is 0 Å². The minimum Gasteiger partial charge on any atom is -0.255 e. The summed E-state index contributed by atoms with van der Waals surface area (Å²) in [5, 5.41) is 2.70. The van der Waals surface area contributed by atoms with E-state index >= 15 is 0 Å². The van der Waals surface area contributed by atoms with E-state index in [2.05, 4.69) is 91.2 Å². The Kier molecular flexibility index (Phi) is 4.36. The van der Waals surface area contributed by atoms with E-state index in [1.807, 2.05) is 11.3 Å². The van der Waals surface area contributed by atoms with E-state index in [1.165, 1.54) is 78.9 Å². The topological polar surface area (TPSA) is 3.01 Å². The molecule has 1 aliphatic heterocycles. The van der Waals surface area contributed by atoms with Crippen LogP contribution in [-0.4, -0.2) is 11.3 Å². The minimum absolute atomic E-state index is 1.15. The second kappa shape index (κ2) is 7.25. The summed E-state index contributed by atoms with van der Waals surface area (Å²) in [5.74, 6) is 0. The highest BCUT2D eigenvalue weighted by molar-refractivity contribution is 7.26. The van der Waals surface area contributed by atoms with E-state index in [-0.39, 0.29) is 0 Å². The fourth-order valence-corrected chi connectivity index (χ4v) is 6.49. The smallest absolute Gasteiger partial charge is 0.159 e. The molecule has 152 valence electrons. The third-order valence-corrected chi connectivity index (χ3v) is 7.92. The second-order valence-corrected chi connectivity index (χ2v) is 9.71. The van der Waals surface area contributed by atoms with Gasteiger partial charge in [-0.05, 0) is 17.4 Å². The molecule has 31 heavy (non-hydrogen) atoms. The van der Waals surface area contributed by atoms with Crippen LogP contribution in [0.2, 0.25) is 0 Å². The maximum atomic E-state index is 4.38. The maximum Gasteiger partial charge on any atom is 0.159 e. The molecule has 0 amide bonds. The van der Waals surface area contributed by atoms with Gasteiger partial charge < -0.3 is 0 Å². The number of hydrogen-bond acceptors (Lipinski definition) is 0. The van der Waals surface area contributed by atoms with Crippen molar-refractivity contribution in [3.63, 3.8) is 0 Å². The van der Waals surface area contributed by atoms with Crippen molar-refractivity contribution in [3.8, 4) is 11.1 Å². The van der Waals surface area contributed by atoms with E-state index in [0.29, 0.717) is 0 Å². The quantitative estimate of drug-likeness (QED) is 0.176. The molecule has 0 saturated heterocycles. The molecule has 2 aliphatic rings.